The lowest BCUT2D eigenvalue weighted by Gasteiger charge is -2.10. The van der Waals surface area contributed by atoms with Gasteiger partial charge < -0.3 is 4.74 Å². The minimum absolute atomic E-state index is 0.198. The number of allylic oxidation sites excluding steroid dienone is 2. The van der Waals surface area contributed by atoms with Crippen LogP contribution in [0.3, 0.4) is 0 Å². The van der Waals surface area contributed by atoms with Crippen molar-refractivity contribution in [2.75, 3.05) is 6.61 Å². The van der Waals surface area contributed by atoms with E-state index in [4.69, 9.17) is 4.74 Å². The van der Waals surface area contributed by atoms with Gasteiger partial charge in [-0.1, -0.05) is 77.6 Å². The minimum Gasteiger partial charge on any atom is -0.460 e. The van der Waals surface area contributed by atoms with Crippen molar-refractivity contribution in [1.82, 2.24) is 0 Å². The molecule has 0 aliphatic rings. The van der Waals surface area contributed by atoms with Crippen LogP contribution >= 0.6 is 15.9 Å². The van der Waals surface area contributed by atoms with Crippen molar-refractivity contribution in [1.29, 1.82) is 0 Å². The first-order chi connectivity index (χ1) is 8.69. The largest absolute Gasteiger partial charge is 0.460 e. The third-order valence-corrected chi connectivity index (χ3v) is 3.18. The molecule has 0 spiro atoms. The number of hydrogen-bond acceptors (Lipinski definition) is 2. The van der Waals surface area contributed by atoms with Crippen molar-refractivity contribution in [3.8, 4) is 0 Å². The Labute approximate surface area is 116 Å². The summed E-state index contributed by atoms with van der Waals surface area (Å²) in [5, 5.41) is 0. The molecule has 1 unspecified atom stereocenters. The molecule has 0 aliphatic carbocycles. The Balaban J connectivity index is 2.58. The number of halogens is 1. The number of rotatable bonds is 6. The van der Waals surface area contributed by atoms with Crippen LogP contribution in [-0.4, -0.2) is 12.6 Å². The van der Waals surface area contributed by atoms with Crippen LogP contribution in [0.15, 0.2) is 67.3 Å². The lowest BCUT2D eigenvalue weighted by Crippen LogP contribution is -2.12. The van der Waals surface area contributed by atoms with Gasteiger partial charge in [0.15, 0.2) is 0 Å². The SMILES string of the molecule is C=C/C=C(\C=C)COC(=O)C(Br)c1ccccc1. The summed E-state index contributed by atoms with van der Waals surface area (Å²) >= 11 is 3.32. The van der Waals surface area contributed by atoms with Gasteiger partial charge in [-0.2, -0.15) is 0 Å². The molecule has 0 N–H and O–H groups in total. The van der Waals surface area contributed by atoms with Crippen LogP contribution in [0.4, 0.5) is 0 Å². The molecule has 0 saturated heterocycles. The molecule has 0 amide bonds. The van der Waals surface area contributed by atoms with E-state index in [9.17, 15) is 4.79 Å². The first-order valence-corrected chi connectivity index (χ1v) is 6.40. The van der Waals surface area contributed by atoms with Gasteiger partial charge in [0.2, 0.25) is 0 Å². The monoisotopic (exact) mass is 306 g/mol. The van der Waals surface area contributed by atoms with Gasteiger partial charge in [-0.05, 0) is 11.1 Å². The molecule has 0 saturated carbocycles. The second-order valence-electron chi connectivity index (χ2n) is 3.56. The zero-order valence-corrected chi connectivity index (χ0v) is 11.6. The highest BCUT2D eigenvalue weighted by Crippen LogP contribution is 2.23. The van der Waals surface area contributed by atoms with Gasteiger partial charge in [0.05, 0.1) is 0 Å². The number of benzene rings is 1. The van der Waals surface area contributed by atoms with E-state index in [2.05, 4.69) is 29.1 Å². The Hall–Kier alpha value is -1.61. The lowest BCUT2D eigenvalue weighted by atomic mass is 10.1. The fourth-order valence-corrected chi connectivity index (χ4v) is 1.75. The van der Waals surface area contributed by atoms with Gasteiger partial charge in [-0.3, -0.25) is 4.79 Å². The molecule has 2 nitrogen and oxygen atoms in total. The van der Waals surface area contributed by atoms with E-state index in [-0.39, 0.29) is 12.6 Å². The normalized spacial score (nSPS) is 12.6. The van der Waals surface area contributed by atoms with Gasteiger partial charge in [-0.25, -0.2) is 0 Å². The van der Waals surface area contributed by atoms with Crippen molar-refractivity contribution in [2.24, 2.45) is 0 Å². The zero-order chi connectivity index (χ0) is 13.4. The van der Waals surface area contributed by atoms with Crippen LogP contribution in [0.25, 0.3) is 0 Å². The fraction of sp³-hybridized carbons (Fsp3) is 0.133. The molecule has 1 atom stereocenters. The summed E-state index contributed by atoms with van der Waals surface area (Å²) in [5.74, 6) is -0.321. The number of alkyl halides is 1. The van der Waals surface area contributed by atoms with E-state index < -0.39 is 4.83 Å². The molecule has 0 aromatic heterocycles. The van der Waals surface area contributed by atoms with Gasteiger partial charge in [-0.15, -0.1) is 0 Å². The molecule has 0 radical (unpaired) electrons. The molecule has 0 heterocycles. The summed E-state index contributed by atoms with van der Waals surface area (Å²) in [6.07, 6.45) is 5.03. The minimum atomic E-state index is -0.450. The summed E-state index contributed by atoms with van der Waals surface area (Å²) in [4.78, 5) is 11.4. The molecule has 3 heteroatoms. The van der Waals surface area contributed by atoms with Crippen LogP contribution in [0.5, 0.6) is 0 Å². The van der Waals surface area contributed by atoms with E-state index in [1.165, 1.54) is 0 Å². The number of hydrogen-bond donors (Lipinski definition) is 0. The molecule has 1 rings (SSSR count). The Morgan fingerprint density at radius 3 is 2.56 bits per heavy atom. The topological polar surface area (TPSA) is 26.3 Å². The second kappa shape index (κ2) is 7.67. The third-order valence-electron chi connectivity index (χ3n) is 2.27. The maximum absolute atomic E-state index is 11.8. The Morgan fingerprint density at radius 1 is 1.33 bits per heavy atom. The first kappa shape index (κ1) is 14.5. The van der Waals surface area contributed by atoms with Crippen molar-refractivity contribution in [2.45, 2.75) is 4.83 Å². The number of ether oxygens (including phenoxy) is 1. The average molecular weight is 307 g/mol. The summed E-state index contributed by atoms with van der Waals surface area (Å²) in [6, 6.07) is 9.40. The summed E-state index contributed by atoms with van der Waals surface area (Å²) in [5.41, 5.74) is 1.68. The molecule has 0 aliphatic heterocycles. The fourth-order valence-electron chi connectivity index (χ4n) is 1.31. The molecule has 94 valence electrons. The van der Waals surface area contributed by atoms with Crippen LogP contribution in [0.2, 0.25) is 0 Å². The summed E-state index contributed by atoms with van der Waals surface area (Å²) < 4.78 is 5.19. The smallest absolute Gasteiger partial charge is 0.324 e. The summed E-state index contributed by atoms with van der Waals surface area (Å²) in [7, 11) is 0. The van der Waals surface area contributed by atoms with Crippen LogP contribution in [0, 0.1) is 0 Å². The van der Waals surface area contributed by atoms with E-state index in [0.717, 1.165) is 11.1 Å². The van der Waals surface area contributed by atoms with E-state index in [1.807, 2.05) is 30.3 Å². The highest BCUT2D eigenvalue weighted by Gasteiger charge is 2.18. The Kier molecular flexibility index (Phi) is 6.15. The summed E-state index contributed by atoms with van der Waals surface area (Å²) in [6.45, 7) is 7.42. The third kappa shape index (κ3) is 4.34. The predicted octanol–water partition coefficient (Wildman–Crippen LogP) is 3.96. The van der Waals surface area contributed by atoms with Gasteiger partial charge in [0.25, 0.3) is 0 Å². The van der Waals surface area contributed by atoms with Crippen molar-refractivity contribution in [3.05, 3.63) is 72.9 Å². The Morgan fingerprint density at radius 2 is 2.00 bits per heavy atom. The molecular weight excluding hydrogens is 292 g/mol. The highest BCUT2D eigenvalue weighted by atomic mass is 79.9. The predicted molar refractivity (Wildman–Crippen MR) is 77.5 cm³/mol. The number of carbonyl (C=O) groups is 1. The second-order valence-corrected chi connectivity index (χ2v) is 4.48. The van der Waals surface area contributed by atoms with Gasteiger partial charge in [0, 0.05) is 0 Å². The molecule has 0 bridgehead atoms. The van der Waals surface area contributed by atoms with E-state index >= 15 is 0 Å². The van der Waals surface area contributed by atoms with Crippen molar-refractivity contribution < 1.29 is 9.53 Å². The zero-order valence-electron chi connectivity index (χ0n) is 10.0. The average Bonchev–Trinajstić information content (AvgIpc) is 2.43. The maximum Gasteiger partial charge on any atom is 0.324 e. The van der Waals surface area contributed by atoms with Crippen molar-refractivity contribution >= 4 is 21.9 Å². The van der Waals surface area contributed by atoms with Gasteiger partial charge >= 0.3 is 5.97 Å². The van der Waals surface area contributed by atoms with Crippen LogP contribution in [0.1, 0.15) is 10.4 Å². The lowest BCUT2D eigenvalue weighted by molar-refractivity contribution is -0.141. The standard InChI is InChI=1S/C15H15BrO2/c1-3-8-12(4-2)11-18-15(17)14(16)13-9-6-5-7-10-13/h3-10,14H,1-2,11H2/b12-8+. The molecule has 0 fully saturated rings. The molecular formula is C15H15BrO2. The first-order valence-electron chi connectivity index (χ1n) is 5.48. The van der Waals surface area contributed by atoms with Crippen LogP contribution < -0.4 is 0 Å². The van der Waals surface area contributed by atoms with Crippen LogP contribution in [-0.2, 0) is 9.53 Å². The van der Waals surface area contributed by atoms with E-state index in [1.54, 1.807) is 18.2 Å². The van der Waals surface area contributed by atoms with E-state index in [0.29, 0.717) is 0 Å². The van der Waals surface area contributed by atoms with Gasteiger partial charge in [0.1, 0.15) is 11.4 Å². The van der Waals surface area contributed by atoms with Crippen molar-refractivity contribution in [3.63, 3.8) is 0 Å². The number of esters is 1. The molecule has 1 aromatic carbocycles. The Bertz CT molecular complexity index is 449. The number of carbonyl (C=O) groups excluding carboxylic acids is 1. The molecule has 18 heavy (non-hydrogen) atoms. The molecule has 1 aromatic rings. The maximum atomic E-state index is 11.8. The highest BCUT2D eigenvalue weighted by molar-refractivity contribution is 9.09. The quantitative estimate of drug-likeness (QED) is 0.452.